The maximum Gasteiger partial charge on any atom is 0.412 e. The molecule has 0 heterocycles. The Morgan fingerprint density at radius 2 is 1.13 bits per heavy atom. The molecule has 0 aliphatic heterocycles. The number of aryl methyl sites for hydroxylation is 5. The van der Waals surface area contributed by atoms with Crippen molar-refractivity contribution >= 4 is 12.2 Å². The zero-order chi connectivity index (χ0) is 27.2. The van der Waals surface area contributed by atoms with Crippen LogP contribution in [0.25, 0.3) is 0 Å². The molecule has 0 spiro atoms. The largest absolute Gasteiger partial charge is 0.412 e. The van der Waals surface area contributed by atoms with E-state index < -0.39 is 0 Å². The summed E-state index contributed by atoms with van der Waals surface area (Å²) in [5, 5.41) is 6.17. The Morgan fingerprint density at radius 1 is 0.658 bits per heavy atom. The molecule has 2 aromatic rings. The topological polar surface area (TPSA) is 76.7 Å². The van der Waals surface area contributed by atoms with Gasteiger partial charge in [0.15, 0.2) is 0 Å². The lowest BCUT2D eigenvalue weighted by molar-refractivity contribution is 0.174. The Balaban J connectivity index is 1.13. The predicted molar refractivity (Wildman–Crippen MR) is 151 cm³/mol. The van der Waals surface area contributed by atoms with E-state index in [1.807, 2.05) is 58.0 Å². The van der Waals surface area contributed by atoms with Crippen LogP contribution in [0.1, 0.15) is 85.6 Å². The standard InChI is InChI=1S/C32H44N2O4/c1-20-6-15-29(22(3)16-20)37-31(35)33-27-11-7-25(8-12-27)19-26-9-13-28(14-10-26)34-32(36)38-30-23(4)17-21(2)18-24(30)5/h6,15-18,25-28H,7-14,19H2,1-5H3,(H,33,35)(H,34,36). The van der Waals surface area contributed by atoms with Gasteiger partial charge in [-0.05, 0) is 127 Å². The highest BCUT2D eigenvalue weighted by atomic mass is 16.6. The summed E-state index contributed by atoms with van der Waals surface area (Å²) >= 11 is 0. The van der Waals surface area contributed by atoms with Gasteiger partial charge in [0.05, 0.1) is 0 Å². The van der Waals surface area contributed by atoms with Crippen molar-refractivity contribution in [3.8, 4) is 11.5 Å². The SMILES string of the molecule is Cc1ccc(OC(=O)NC2CCC(CC3CCC(NC(=O)Oc4c(C)cc(C)cc4C)CC3)CC2)c(C)c1. The van der Waals surface area contributed by atoms with Crippen molar-refractivity contribution in [1.29, 1.82) is 0 Å². The smallest absolute Gasteiger partial charge is 0.410 e. The van der Waals surface area contributed by atoms with E-state index in [0.29, 0.717) is 11.5 Å². The summed E-state index contributed by atoms with van der Waals surface area (Å²) in [7, 11) is 0. The minimum atomic E-state index is -0.350. The Kier molecular flexibility index (Phi) is 9.35. The number of benzene rings is 2. The summed E-state index contributed by atoms with van der Waals surface area (Å²) in [4.78, 5) is 24.9. The Hall–Kier alpha value is -3.02. The van der Waals surface area contributed by atoms with E-state index in [-0.39, 0.29) is 24.3 Å². The maximum atomic E-state index is 12.5. The molecule has 4 rings (SSSR count). The van der Waals surface area contributed by atoms with Gasteiger partial charge in [-0.3, -0.25) is 0 Å². The summed E-state index contributed by atoms with van der Waals surface area (Å²) in [6, 6.07) is 10.3. The van der Waals surface area contributed by atoms with Crippen LogP contribution in [0.15, 0.2) is 30.3 Å². The normalized spacial score (nSPS) is 23.4. The Labute approximate surface area is 227 Å². The summed E-state index contributed by atoms with van der Waals surface area (Å²) in [6.45, 7) is 10.0. The molecule has 2 aliphatic rings. The Bertz CT molecular complexity index is 1110. The minimum Gasteiger partial charge on any atom is -0.410 e. The van der Waals surface area contributed by atoms with E-state index in [1.165, 1.54) is 12.0 Å². The highest BCUT2D eigenvalue weighted by molar-refractivity contribution is 5.72. The molecule has 6 heteroatoms. The third kappa shape index (κ3) is 7.75. The van der Waals surface area contributed by atoms with Gasteiger partial charge in [0, 0.05) is 12.1 Å². The second-order valence-electron chi connectivity index (χ2n) is 11.7. The van der Waals surface area contributed by atoms with Crippen molar-refractivity contribution in [2.75, 3.05) is 0 Å². The highest BCUT2D eigenvalue weighted by Crippen LogP contribution is 2.35. The van der Waals surface area contributed by atoms with Crippen molar-refractivity contribution in [2.24, 2.45) is 11.8 Å². The fraction of sp³-hybridized carbons (Fsp3) is 0.562. The first-order chi connectivity index (χ1) is 18.2. The highest BCUT2D eigenvalue weighted by Gasteiger charge is 2.28. The second-order valence-corrected chi connectivity index (χ2v) is 11.7. The van der Waals surface area contributed by atoms with E-state index in [1.54, 1.807) is 0 Å². The lowest BCUT2D eigenvalue weighted by Gasteiger charge is -2.34. The molecule has 2 fully saturated rings. The van der Waals surface area contributed by atoms with Gasteiger partial charge in [-0.2, -0.15) is 0 Å². The number of carbonyl (C=O) groups is 2. The number of rotatable bonds is 6. The van der Waals surface area contributed by atoms with E-state index >= 15 is 0 Å². The quantitative estimate of drug-likeness (QED) is 0.411. The molecule has 0 unspecified atom stereocenters. The van der Waals surface area contributed by atoms with Crippen LogP contribution in [-0.4, -0.2) is 24.3 Å². The van der Waals surface area contributed by atoms with E-state index in [4.69, 9.17) is 9.47 Å². The monoisotopic (exact) mass is 520 g/mol. The number of nitrogens with one attached hydrogen (secondary N) is 2. The van der Waals surface area contributed by atoms with Crippen LogP contribution in [0.4, 0.5) is 9.59 Å². The van der Waals surface area contributed by atoms with Crippen LogP contribution in [0.2, 0.25) is 0 Å². The van der Waals surface area contributed by atoms with Crippen molar-refractivity contribution in [2.45, 2.75) is 104 Å². The molecular weight excluding hydrogens is 476 g/mol. The first-order valence-electron chi connectivity index (χ1n) is 14.3. The van der Waals surface area contributed by atoms with Crippen LogP contribution in [-0.2, 0) is 0 Å². The van der Waals surface area contributed by atoms with Gasteiger partial charge in [0.1, 0.15) is 11.5 Å². The molecule has 206 valence electrons. The Morgan fingerprint density at radius 3 is 1.63 bits per heavy atom. The molecule has 0 aromatic heterocycles. The number of hydrogen-bond acceptors (Lipinski definition) is 4. The molecule has 2 saturated carbocycles. The molecular formula is C32H44N2O4. The van der Waals surface area contributed by atoms with Gasteiger partial charge in [0.2, 0.25) is 0 Å². The van der Waals surface area contributed by atoms with Gasteiger partial charge in [0.25, 0.3) is 0 Å². The molecule has 0 saturated heterocycles. The molecule has 38 heavy (non-hydrogen) atoms. The van der Waals surface area contributed by atoms with E-state index in [9.17, 15) is 9.59 Å². The van der Waals surface area contributed by atoms with Crippen LogP contribution in [0.5, 0.6) is 11.5 Å². The van der Waals surface area contributed by atoms with Gasteiger partial charge < -0.3 is 20.1 Å². The van der Waals surface area contributed by atoms with Gasteiger partial charge in [-0.15, -0.1) is 0 Å². The number of ether oxygens (including phenoxy) is 2. The summed E-state index contributed by atoms with van der Waals surface area (Å²) in [6.07, 6.45) is 9.17. The van der Waals surface area contributed by atoms with Gasteiger partial charge >= 0.3 is 12.2 Å². The van der Waals surface area contributed by atoms with Crippen molar-refractivity contribution in [3.63, 3.8) is 0 Å². The molecule has 2 amide bonds. The molecule has 6 nitrogen and oxygen atoms in total. The summed E-state index contributed by atoms with van der Waals surface area (Å²) in [5.74, 6) is 2.73. The first kappa shape index (κ1) is 28.0. The molecule has 0 bridgehead atoms. The number of carbonyl (C=O) groups excluding carboxylic acids is 2. The molecule has 2 aliphatic carbocycles. The summed E-state index contributed by atoms with van der Waals surface area (Å²) < 4.78 is 11.2. The fourth-order valence-corrected chi connectivity index (χ4v) is 6.38. The van der Waals surface area contributed by atoms with E-state index in [0.717, 1.165) is 85.5 Å². The van der Waals surface area contributed by atoms with Crippen LogP contribution in [0, 0.1) is 46.5 Å². The third-order valence-corrected chi connectivity index (χ3v) is 8.34. The van der Waals surface area contributed by atoms with Gasteiger partial charge in [-0.1, -0.05) is 35.4 Å². The van der Waals surface area contributed by atoms with Crippen molar-refractivity contribution in [3.05, 3.63) is 58.1 Å². The lowest BCUT2D eigenvalue weighted by atomic mass is 9.76. The molecule has 0 atom stereocenters. The molecule has 0 radical (unpaired) electrons. The molecule has 2 aromatic carbocycles. The predicted octanol–water partition coefficient (Wildman–Crippen LogP) is 7.61. The second kappa shape index (κ2) is 12.7. The third-order valence-electron chi connectivity index (χ3n) is 8.34. The van der Waals surface area contributed by atoms with Crippen molar-refractivity contribution < 1.29 is 19.1 Å². The lowest BCUT2D eigenvalue weighted by Crippen LogP contribution is -2.40. The fourth-order valence-electron chi connectivity index (χ4n) is 6.38. The number of hydrogen-bond donors (Lipinski definition) is 2. The van der Waals surface area contributed by atoms with Crippen LogP contribution >= 0.6 is 0 Å². The zero-order valence-corrected chi connectivity index (χ0v) is 23.7. The maximum absolute atomic E-state index is 12.5. The minimum absolute atomic E-state index is 0.188. The van der Waals surface area contributed by atoms with Crippen LogP contribution < -0.4 is 20.1 Å². The first-order valence-corrected chi connectivity index (χ1v) is 14.3. The summed E-state index contributed by atoms with van der Waals surface area (Å²) in [5.41, 5.74) is 5.28. The van der Waals surface area contributed by atoms with Crippen molar-refractivity contribution in [1.82, 2.24) is 10.6 Å². The van der Waals surface area contributed by atoms with E-state index in [2.05, 4.69) is 17.6 Å². The number of amides is 2. The average Bonchev–Trinajstić information content (AvgIpc) is 2.85. The average molecular weight is 521 g/mol. The molecule has 2 N–H and O–H groups in total. The zero-order valence-electron chi connectivity index (χ0n) is 23.7. The van der Waals surface area contributed by atoms with Gasteiger partial charge in [-0.25, -0.2) is 9.59 Å². The van der Waals surface area contributed by atoms with Crippen LogP contribution in [0.3, 0.4) is 0 Å².